The Balaban J connectivity index is 1.47. The summed E-state index contributed by atoms with van der Waals surface area (Å²) >= 11 is 0. The molecule has 0 spiro atoms. The van der Waals surface area contributed by atoms with Crippen LogP contribution in [0.15, 0.2) is 64.2 Å². The van der Waals surface area contributed by atoms with Gasteiger partial charge in [-0.05, 0) is 24.6 Å². The second-order valence-corrected chi connectivity index (χ2v) is 7.99. The first-order valence-corrected chi connectivity index (χ1v) is 10.1. The van der Waals surface area contributed by atoms with Crippen LogP contribution in [0.2, 0.25) is 0 Å². The molecule has 2 bridgehead atoms. The minimum Gasteiger partial charge on any atom is -0.394 e. The van der Waals surface area contributed by atoms with Crippen molar-refractivity contribution < 1.29 is 9.90 Å². The fraction of sp³-hybridized carbons (Fsp3) is 0.318. The molecule has 2 N–H and O–H groups in total. The highest BCUT2D eigenvalue weighted by Crippen LogP contribution is 2.41. The predicted molar refractivity (Wildman–Crippen MR) is 110 cm³/mol. The molecule has 0 unspecified atom stereocenters. The van der Waals surface area contributed by atoms with E-state index >= 15 is 0 Å². The number of amides is 1. The third-order valence-electron chi connectivity index (χ3n) is 6.24. The molecule has 154 valence electrons. The molecule has 1 aromatic carbocycles. The van der Waals surface area contributed by atoms with E-state index in [4.69, 9.17) is 0 Å². The van der Waals surface area contributed by atoms with Crippen LogP contribution in [0.3, 0.4) is 0 Å². The van der Waals surface area contributed by atoms with Crippen LogP contribution in [-0.4, -0.2) is 50.0 Å². The van der Waals surface area contributed by atoms with Gasteiger partial charge in [-0.2, -0.15) is 0 Å². The molecule has 2 aliphatic heterocycles. The Morgan fingerprint density at radius 2 is 1.83 bits per heavy atom. The van der Waals surface area contributed by atoms with Crippen LogP contribution in [0.4, 0.5) is 0 Å². The van der Waals surface area contributed by atoms with E-state index in [-0.39, 0.29) is 47.2 Å². The summed E-state index contributed by atoms with van der Waals surface area (Å²) in [7, 11) is 0. The van der Waals surface area contributed by atoms with Crippen molar-refractivity contribution in [2.75, 3.05) is 19.7 Å². The number of aromatic amines is 1. The molecule has 0 radical (unpaired) electrons. The first kappa shape index (κ1) is 18.6. The number of nitrogens with one attached hydrogen (secondary N) is 1. The number of aliphatic hydroxyl groups excluding tert-OH is 1. The highest BCUT2D eigenvalue weighted by Gasteiger charge is 2.41. The lowest BCUT2D eigenvalue weighted by molar-refractivity contribution is 0.0432. The number of benzene rings is 1. The van der Waals surface area contributed by atoms with Crippen molar-refractivity contribution in [1.82, 2.24) is 19.2 Å². The summed E-state index contributed by atoms with van der Waals surface area (Å²) in [4.78, 5) is 39.8. The van der Waals surface area contributed by atoms with Crippen molar-refractivity contribution >= 4 is 5.91 Å². The van der Waals surface area contributed by atoms with Gasteiger partial charge in [0, 0.05) is 42.8 Å². The van der Waals surface area contributed by atoms with E-state index in [1.807, 2.05) is 24.3 Å². The first-order valence-electron chi connectivity index (χ1n) is 10.1. The standard InChI is InChI=1S/C22H22N4O4/c27-13-19-15-9-14(18-7-4-8-20(28)25(18)19)11-24(12-15)22(30)17-10-21(29)26(23-17)16-5-2-1-3-6-16/h1-8,10,14-15,19,23,27H,9,11-13H2/t14-,15+,19+/m1/s1. The number of carbonyl (C=O) groups excluding carboxylic acids is 1. The van der Waals surface area contributed by atoms with Crippen LogP contribution in [0, 0.1) is 5.92 Å². The van der Waals surface area contributed by atoms with Crippen LogP contribution in [0.25, 0.3) is 5.69 Å². The number of fused-ring (bicyclic) bond motifs is 4. The van der Waals surface area contributed by atoms with Crippen LogP contribution in [0.5, 0.6) is 0 Å². The Kier molecular flexibility index (Phi) is 4.43. The molecule has 4 heterocycles. The van der Waals surface area contributed by atoms with E-state index in [1.54, 1.807) is 27.7 Å². The highest BCUT2D eigenvalue weighted by molar-refractivity contribution is 5.92. The third kappa shape index (κ3) is 2.91. The maximum atomic E-state index is 13.2. The lowest BCUT2D eigenvalue weighted by Crippen LogP contribution is -2.51. The summed E-state index contributed by atoms with van der Waals surface area (Å²) in [5.74, 6) is -0.250. The molecule has 0 aliphatic carbocycles. The summed E-state index contributed by atoms with van der Waals surface area (Å²) in [6.07, 6.45) is 0.819. The quantitative estimate of drug-likeness (QED) is 0.681. The number of pyridine rings is 1. The average Bonchev–Trinajstić information content (AvgIpc) is 3.16. The number of aliphatic hydroxyl groups is 1. The van der Waals surface area contributed by atoms with Crippen LogP contribution in [0.1, 0.15) is 34.6 Å². The normalized spacial score (nSPS) is 22.6. The molecule has 5 rings (SSSR count). The molecule has 30 heavy (non-hydrogen) atoms. The van der Waals surface area contributed by atoms with Gasteiger partial charge in [-0.15, -0.1) is 0 Å². The summed E-state index contributed by atoms with van der Waals surface area (Å²) in [6, 6.07) is 15.2. The van der Waals surface area contributed by atoms with E-state index in [1.165, 1.54) is 16.8 Å². The van der Waals surface area contributed by atoms with E-state index < -0.39 is 0 Å². The molecule has 1 fully saturated rings. The van der Waals surface area contributed by atoms with Crippen molar-refractivity contribution in [3.05, 3.63) is 86.7 Å². The molecule has 2 aromatic heterocycles. The van der Waals surface area contributed by atoms with Gasteiger partial charge in [0.1, 0.15) is 5.69 Å². The molecular weight excluding hydrogens is 384 g/mol. The zero-order valence-electron chi connectivity index (χ0n) is 16.3. The molecule has 2 aliphatic rings. The van der Waals surface area contributed by atoms with E-state index in [9.17, 15) is 19.5 Å². The fourth-order valence-corrected chi connectivity index (χ4v) is 4.89. The zero-order chi connectivity index (χ0) is 20.8. The molecule has 0 saturated carbocycles. The molecular formula is C22H22N4O4. The lowest BCUT2D eigenvalue weighted by atomic mass is 9.78. The number of hydrogen-bond acceptors (Lipinski definition) is 4. The minimum atomic E-state index is -0.353. The lowest BCUT2D eigenvalue weighted by Gasteiger charge is -2.46. The number of rotatable bonds is 3. The van der Waals surface area contributed by atoms with Crippen LogP contribution < -0.4 is 11.1 Å². The third-order valence-corrected chi connectivity index (χ3v) is 6.24. The number of aromatic nitrogens is 3. The summed E-state index contributed by atoms with van der Waals surface area (Å²) < 4.78 is 3.04. The fourth-order valence-electron chi connectivity index (χ4n) is 4.89. The average molecular weight is 406 g/mol. The van der Waals surface area contributed by atoms with Crippen LogP contribution >= 0.6 is 0 Å². The van der Waals surface area contributed by atoms with Crippen molar-refractivity contribution in [2.24, 2.45) is 5.92 Å². The van der Waals surface area contributed by atoms with Gasteiger partial charge in [0.05, 0.1) is 18.3 Å². The molecule has 8 heteroatoms. The Labute approximate surface area is 172 Å². The Morgan fingerprint density at radius 3 is 2.60 bits per heavy atom. The number of piperidine rings is 1. The highest BCUT2D eigenvalue weighted by atomic mass is 16.3. The van der Waals surface area contributed by atoms with Crippen molar-refractivity contribution in [3.63, 3.8) is 0 Å². The van der Waals surface area contributed by atoms with Gasteiger partial charge in [0.25, 0.3) is 17.0 Å². The molecule has 8 nitrogen and oxygen atoms in total. The Bertz CT molecular complexity index is 1210. The Morgan fingerprint density at radius 1 is 1.03 bits per heavy atom. The second-order valence-electron chi connectivity index (χ2n) is 7.99. The number of likely N-dealkylation sites (tertiary alicyclic amines) is 1. The molecule has 3 atom stereocenters. The number of carbonyl (C=O) groups is 1. The second kappa shape index (κ2) is 7.14. The SMILES string of the molecule is O=C(c1cc(=O)n(-c2ccccc2)[nH]1)N1C[C@H]2C[C@@H](C1)[C@H](CO)n1c2cccc1=O. The predicted octanol–water partition coefficient (Wildman–Crippen LogP) is 1.12. The smallest absolute Gasteiger partial charge is 0.271 e. The largest absolute Gasteiger partial charge is 0.394 e. The van der Waals surface area contributed by atoms with Gasteiger partial charge >= 0.3 is 0 Å². The van der Waals surface area contributed by atoms with Gasteiger partial charge < -0.3 is 14.6 Å². The van der Waals surface area contributed by atoms with Gasteiger partial charge in [0.15, 0.2) is 0 Å². The van der Waals surface area contributed by atoms with E-state index in [2.05, 4.69) is 5.10 Å². The van der Waals surface area contributed by atoms with Gasteiger partial charge in [0.2, 0.25) is 0 Å². The maximum Gasteiger partial charge on any atom is 0.271 e. The van der Waals surface area contributed by atoms with Crippen LogP contribution in [-0.2, 0) is 0 Å². The summed E-state index contributed by atoms with van der Waals surface area (Å²) in [5, 5.41) is 12.9. The van der Waals surface area contributed by atoms with E-state index in [0.717, 1.165) is 12.1 Å². The number of H-pyrrole nitrogens is 1. The molecule has 1 saturated heterocycles. The number of hydrogen-bond donors (Lipinski definition) is 2. The number of para-hydroxylation sites is 1. The topological polar surface area (TPSA) is 100 Å². The molecule has 1 amide bonds. The van der Waals surface area contributed by atoms with Gasteiger partial charge in [-0.25, -0.2) is 4.68 Å². The summed E-state index contributed by atoms with van der Waals surface area (Å²) in [6.45, 7) is 0.743. The van der Waals surface area contributed by atoms with Gasteiger partial charge in [-0.3, -0.25) is 19.5 Å². The number of nitrogens with zero attached hydrogens (tertiary/aromatic N) is 3. The minimum absolute atomic E-state index is 0.0202. The van der Waals surface area contributed by atoms with Gasteiger partial charge in [-0.1, -0.05) is 24.3 Å². The Hall–Kier alpha value is -3.39. The van der Waals surface area contributed by atoms with Crippen molar-refractivity contribution in [1.29, 1.82) is 0 Å². The van der Waals surface area contributed by atoms with E-state index in [0.29, 0.717) is 18.8 Å². The zero-order valence-corrected chi connectivity index (χ0v) is 16.3. The molecule has 3 aromatic rings. The first-order chi connectivity index (χ1) is 14.6. The van der Waals surface area contributed by atoms with Crippen molar-refractivity contribution in [3.8, 4) is 5.69 Å². The van der Waals surface area contributed by atoms with Crippen molar-refractivity contribution in [2.45, 2.75) is 18.4 Å². The maximum absolute atomic E-state index is 13.2. The monoisotopic (exact) mass is 406 g/mol. The summed E-state index contributed by atoms with van der Waals surface area (Å²) in [5.41, 5.74) is 1.32.